The van der Waals surface area contributed by atoms with E-state index in [9.17, 15) is 4.79 Å². The van der Waals surface area contributed by atoms with Crippen LogP contribution in [0.5, 0.6) is 5.75 Å². The Morgan fingerprint density at radius 3 is 2.90 bits per heavy atom. The Morgan fingerprint density at radius 2 is 2.24 bits per heavy atom. The lowest BCUT2D eigenvalue weighted by Gasteiger charge is -2.29. The number of carbonyl (C=O) groups is 1. The number of ether oxygens (including phenoxy) is 1. The molecule has 1 aromatic rings. The second kappa shape index (κ2) is 7.33. The van der Waals surface area contributed by atoms with Crippen molar-refractivity contribution < 1.29 is 9.53 Å². The zero-order valence-corrected chi connectivity index (χ0v) is 12.8. The highest BCUT2D eigenvalue weighted by Crippen LogP contribution is 2.26. The molecule has 0 saturated heterocycles. The second-order valence-corrected chi connectivity index (χ2v) is 5.89. The van der Waals surface area contributed by atoms with Crippen molar-refractivity contribution in [2.75, 3.05) is 6.61 Å². The molecule has 2 rings (SSSR count). The molecule has 1 N–H and O–H groups in total. The van der Waals surface area contributed by atoms with Gasteiger partial charge >= 0.3 is 0 Å². The van der Waals surface area contributed by atoms with Gasteiger partial charge in [-0.05, 0) is 37.0 Å². The summed E-state index contributed by atoms with van der Waals surface area (Å²) in [6, 6.07) is 6.99. The van der Waals surface area contributed by atoms with Crippen molar-refractivity contribution in [3.05, 3.63) is 28.8 Å². The quantitative estimate of drug-likeness (QED) is 0.928. The number of nitrogens with one attached hydrogen (secondary N) is 1. The van der Waals surface area contributed by atoms with Gasteiger partial charge in [-0.15, -0.1) is 0 Å². The summed E-state index contributed by atoms with van der Waals surface area (Å²) in [4.78, 5) is 11.9. The standard InChI is InChI=1S/C16H19ClN2O2/c1-11-4-2-3-5-14(11)19-16(20)10-21-15-7-6-12(9-18)8-13(15)17/h6-8,11,14H,2-5,10H2,1H3,(H,19,20)/t11-,14-/m1/s1. The van der Waals surface area contributed by atoms with E-state index in [1.807, 2.05) is 6.07 Å². The molecule has 0 spiro atoms. The Morgan fingerprint density at radius 1 is 1.48 bits per heavy atom. The molecule has 1 saturated carbocycles. The fourth-order valence-electron chi connectivity index (χ4n) is 2.61. The average Bonchev–Trinajstić information content (AvgIpc) is 2.48. The third-order valence-corrected chi connectivity index (χ3v) is 4.17. The van der Waals surface area contributed by atoms with E-state index in [1.54, 1.807) is 12.1 Å². The summed E-state index contributed by atoms with van der Waals surface area (Å²) in [5.74, 6) is 0.804. The summed E-state index contributed by atoms with van der Waals surface area (Å²) in [5.41, 5.74) is 0.466. The fourth-order valence-corrected chi connectivity index (χ4v) is 2.84. The van der Waals surface area contributed by atoms with Crippen LogP contribution in [0.1, 0.15) is 38.2 Å². The summed E-state index contributed by atoms with van der Waals surface area (Å²) >= 11 is 6.00. The van der Waals surface area contributed by atoms with E-state index in [2.05, 4.69) is 12.2 Å². The third-order valence-electron chi connectivity index (χ3n) is 3.88. The summed E-state index contributed by atoms with van der Waals surface area (Å²) < 4.78 is 5.42. The molecular formula is C16H19ClN2O2. The first kappa shape index (κ1) is 15.7. The Hall–Kier alpha value is -1.73. The number of hydrogen-bond acceptors (Lipinski definition) is 3. The molecule has 21 heavy (non-hydrogen) atoms. The maximum atomic E-state index is 11.9. The van der Waals surface area contributed by atoms with Gasteiger partial charge in [0.1, 0.15) is 5.75 Å². The molecule has 0 aromatic heterocycles. The molecule has 0 unspecified atom stereocenters. The van der Waals surface area contributed by atoms with E-state index in [1.165, 1.54) is 12.5 Å². The van der Waals surface area contributed by atoms with Crippen LogP contribution >= 0.6 is 11.6 Å². The SMILES string of the molecule is C[C@@H]1CCCC[C@H]1NC(=O)COc1ccc(C#N)cc1Cl. The fraction of sp³-hybridized carbons (Fsp3) is 0.500. The highest BCUT2D eigenvalue weighted by molar-refractivity contribution is 6.32. The number of rotatable bonds is 4. The van der Waals surface area contributed by atoms with Gasteiger partial charge in [0.25, 0.3) is 5.91 Å². The monoisotopic (exact) mass is 306 g/mol. The van der Waals surface area contributed by atoms with Crippen molar-refractivity contribution in [3.63, 3.8) is 0 Å². The van der Waals surface area contributed by atoms with Crippen LogP contribution in [0, 0.1) is 17.2 Å². The van der Waals surface area contributed by atoms with Crippen LogP contribution in [-0.2, 0) is 4.79 Å². The molecule has 1 aromatic carbocycles. The van der Waals surface area contributed by atoms with E-state index in [-0.39, 0.29) is 18.6 Å². The van der Waals surface area contributed by atoms with Crippen LogP contribution in [0.25, 0.3) is 0 Å². The molecule has 1 aliphatic carbocycles. The predicted molar refractivity (Wildman–Crippen MR) is 81.2 cm³/mol. The second-order valence-electron chi connectivity index (χ2n) is 5.48. The number of benzene rings is 1. The molecule has 0 bridgehead atoms. The molecule has 1 fully saturated rings. The van der Waals surface area contributed by atoms with Gasteiger partial charge in [0.15, 0.2) is 6.61 Å². The molecule has 0 aliphatic heterocycles. The number of halogens is 1. The maximum absolute atomic E-state index is 11.9. The zero-order chi connectivity index (χ0) is 15.2. The van der Waals surface area contributed by atoms with Gasteiger partial charge in [-0.25, -0.2) is 0 Å². The van der Waals surface area contributed by atoms with Crippen LogP contribution in [-0.4, -0.2) is 18.6 Å². The summed E-state index contributed by atoms with van der Waals surface area (Å²) in [6.07, 6.45) is 4.60. The van der Waals surface area contributed by atoms with Crippen LogP contribution in [0.2, 0.25) is 5.02 Å². The van der Waals surface area contributed by atoms with Crippen molar-refractivity contribution in [2.45, 2.75) is 38.6 Å². The average molecular weight is 307 g/mol. The molecular weight excluding hydrogens is 288 g/mol. The highest BCUT2D eigenvalue weighted by atomic mass is 35.5. The summed E-state index contributed by atoms with van der Waals surface area (Å²) in [7, 11) is 0. The number of amides is 1. The van der Waals surface area contributed by atoms with Crippen molar-refractivity contribution in [3.8, 4) is 11.8 Å². The maximum Gasteiger partial charge on any atom is 0.258 e. The van der Waals surface area contributed by atoms with Crippen LogP contribution in [0.3, 0.4) is 0 Å². The van der Waals surface area contributed by atoms with Crippen molar-refractivity contribution in [1.29, 1.82) is 5.26 Å². The van der Waals surface area contributed by atoms with Gasteiger partial charge in [0.2, 0.25) is 0 Å². The Kier molecular flexibility index (Phi) is 5.46. The number of carbonyl (C=O) groups excluding carboxylic acids is 1. The summed E-state index contributed by atoms with van der Waals surface area (Å²) in [5, 5.41) is 12.1. The Labute approximate surface area is 130 Å². The lowest BCUT2D eigenvalue weighted by Crippen LogP contribution is -2.43. The lowest BCUT2D eigenvalue weighted by atomic mass is 9.86. The highest BCUT2D eigenvalue weighted by Gasteiger charge is 2.22. The number of nitrogens with zero attached hydrogens (tertiary/aromatic N) is 1. The van der Waals surface area contributed by atoms with E-state index in [0.717, 1.165) is 19.3 Å². The van der Waals surface area contributed by atoms with Crippen LogP contribution in [0.15, 0.2) is 18.2 Å². The van der Waals surface area contributed by atoms with E-state index < -0.39 is 0 Å². The third kappa shape index (κ3) is 4.37. The molecule has 1 aliphatic rings. The van der Waals surface area contributed by atoms with Gasteiger partial charge in [-0.2, -0.15) is 5.26 Å². The molecule has 2 atom stereocenters. The smallest absolute Gasteiger partial charge is 0.258 e. The van der Waals surface area contributed by atoms with Gasteiger partial charge in [0, 0.05) is 6.04 Å². The molecule has 112 valence electrons. The minimum absolute atomic E-state index is 0.0607. The molecule has 4 nitrogen and oxygen atoms in total. The number of hydrogen-bond donors (Lipinski definition) is 1. The Bertz CT molecular complexity index is 554. The van der Waals surface area contributed by atoms with E-state index in [4.69, 9.17) is 21.6 Å². The zero-order valence-electron chi connectivity index (χ0n) is 12.1. The van der Waals surface area contributed by atoms with Crippen molar-refractivity contribution in [2.24, 2.45) is 5.92 Å². The van der Waals surface area contributed by atoms with Crippen molar-refractivity contribution in [1.82, 2.24) is 5.32 Å². The normalized spacial score (nSPS) is 21.4. The number of nitriles is 1. The van der Waals surface area contributed by atoms with E-state index in [0.29, 0.717) is 22.3 Å². The van der Waals surface area contributed by atoms with Crippen LogP contribution < -0.4 is 10.1 Å². The minimum atomic E-state index is -0.130. The molecule has 0 heterocycles. The van der Waals surface area contributed by atoms with Gasteiger partial charge in [-0.1, -0.05) is 31.4 Å². The first-order chi connectivity index (χ1) is 10.1. The molecule has 0 radical (unpaired) electrons. The minimum Gasteiger partial charge on any atom is -0.482 e. The summed E-state index contributed by atoms with van der Waals surface area (Å²) in [6.45, 7) is 2.11. The first-order valence-corrected chi connectivity index (χ1v) is 7.59. The molecule has 5 heteroatoms. The lowest BCUT2D eigenvalue weighted by molar-refractivity contribution is -0.124. The van der Waals surface area contributed by atoms with Gasteiger partial charge in [0.05, 0.1) is 16.7 Å². The first-order valence-electron chi connectivity index (χ1n) is 7.22. The van der Waals surface area contributed by atoms with Gasteiger partial charge < -0.3 is 10.1 Å². The largest absolute Gasteiger partial charge is 0.482 e. The van der Waals surface area contributed by atoms with Crippen molar-refractivity contribution >= 4 is 17.5 Å². The predicted octanol–water partition coefficient (Wildman–Crippen LogP) is 3.29. The van der Waals surface area contributed by atoms with Gasteiger partial charge in [-0.3, -0.25) is 4.79 Å². The topological polar surface area (TPSA) is 62.1 Å². The van der Waals surface area contributed by atoms with Crippen LogP contribution in [0.4, 0.5) is 0 Å². The Balaban J connectivity index is 1.85. The van der Waals surface area contributed by atoms with E-state index >= 15 is 0 Å². The molecule has 1 amide bonds.